The number of ether oxygens (including phenoxy) is 2. The Kier molecular flexibility index (Phi) is 8.19. The van der Waals surface area contributed by atoms with Crippen LogP contribution < -0.4 is 15.4 Å². The number of H-pyrrole nitrogens is 1. The van der Waals surface area contributed by atoms with Gasteiger partial charge in [0.25, 0.3) is 5.91 Å². The van der Waals surface area contributed by atoms with Crippen LogP contribution in [0.15, 0.2) is 48.6 Å². The number of nitrogens with one attached hydrogen (secondary N) is 1. The number of aliphatic hydroxyl groups excluding tert-OH is 1. The number of carbonyl (C=O) groups excluding carboxylic acids is 2. The van der Waals surface area contributed by atoms with Gasteiger partial charge in [0.1, 0.15) is 17.3 Å². The van der Waals surface area contributed by atoms with Crippen molar-refractivity contribution in [1.82, 2.24) is 14.8 Å². The molecule has 2 saturated heterocycles. The third-order valence-corrected chi connectivity index (χ3v) is 15.2. The first kappa shape index (κ1) is 36.7. The molecule has 1 amide bonds. The number of esters is 1. The predicted molar refractivity (Wildman–Crippen MR) is 208 cm³/mol. The van der Waals surface area contributed by atoms with Gasteiger partial charge in [-0.25, -0.2) is 0 Å². The Morgan fingerprint density at radius 1 is 1.04 bits per heavy atom. The fraction of sp³-hybridized carbons (Fsp3) is 0.581. The second-order valence-electron chi connectivity index (χ2n) is 17.5. The monoisotopic (exact) mass is 753 g/mol. The second kappa shape index (κ2) is 12.3. The maximum atomic E-state index is 15.2. The molecule has 2 aromatic carbocycles. The standard InChI is InChI=1S/C43H55N5O7/c1-6-39(52)21-25-22-42(38(51)55-5,33-27(13-17-47(23-25)24-39)26-11-8-9-12-30(26)45-33)29-19-28-31(20-32(29)54-4)46(3)35-41(28)15-18-48-16-10-14-40(7-2,34(41)48)36(49)43(35,53)37(44)50/h8-12,14,19-20,25,34-36,45,49,52-53H,6-7,13,15-18,21-24H2,1-5H3,(H2,44,50)/t25?,34-,35?,36+,39-,40+,41+,42-,43-/m0/s1. The van der Waals surface area contributed by atoms with Crippen molar-refractivity contribution in [3.05, 3.63) is 70.9 Å². The SMILES string of the molecule is CC[C@]1(O)CC2CN(CCc3c([nH]c4ccccc34)[C@@](C(=O)OC)(c3cc4c(cc3OC)N(C)C3[C@]45CCN4CC=C[C@@](CC)([C@@H](O)[C@]3(O)C(N)=O)[C@H]45)C2)C1. The number of benzene rings is 2. The number of aromatic amines is 1. The molecule has 6 N–H and O–H groups in total. The lowest BCUT2D eigenvalue weighted by Crippen LogP contribution is -2.81. The van der Waals surface area contributed by atoms with E-state index in [1.54, 1.807) is 7.11 Å². The molecule has 10 atom stereocenters. The van der Waals surface area contributed by atoms with Gasteiger partial charge in [0.05, 0.1) is 25.9 Å². The molecule has 9 rings (SSSR count). The number of methoxy groups -OCH3 is 2. The molecule has 1 spiro atoms. The molecule has 55 heavy (non-hydrogen) atoms. The fourth-order valence-corrected chi connectivity index (χ4v) is 13.1. The van der Waals surface area contributed by atoms with Crippen molar-refractivity contribution in [2.75, 3.05) is 58.9 Å². The van der Waals surface area contributed by atoms with E-state index < -0.39 is 51.5 Å². The normalized spacial score (nSPS) is 39.0. The van der Waals surface area contributed by atoms with E-state index >= 15 is 4.79 Å². The van der Waals surface area contributed by atoms with E-state index in [4.69, 9.17) is 15.2 Å². The van der Waals surface area contributed by atoms with Crippen LogP contribution in [0.1, 0.15) is 68.3 Å². The minimum Gasteiger partial charge on any atom is -0.496 e. The van der Waals surface area contributed by atoms with Crippen molar-refractivity contribution in [2.45, 2.75) is 92.6 Å². The number of rotatable bonds is 6. The van der Waals surface area contributed by atoms with E-state index in [1.807, 2.05) is 62.2 Å². The maximum absolute atomic E-state index is 15.2. The predicted octanol–water partition coefficient (Wildman–Crippen LogP) is 2.73. The number of nitrogens with two attached hydrogens (primary N) is 1. The van der Waals surface area contributed by atoms with Gasteiger partial charge in [-0.2, -0.15) is 0 Å². The zero-order chi connectivity index (χ0) is 38.9. The number of aliphatic hydroxyl groups is 3. The molecule has 2 bridgehead atoms. The van der Waals surface area contributed by atoms with Crippen LogP contribution in [0.4, 0.5) is 5.69 Å². The number of aromatic nitrogens is 1. The van der Waals surface area contributed by atoms with Gasteiger partial charge in [-0.1, -0.05) is 44.2 Å². The van der Waals surface area contributed by atoms with Crippen molar-refractivity contribution in [3.8, 4) is 5.75 Å². The quantitative estimate of drug-likeness (QED) is 0.187. The number of hydrogen-bond donors (Lipinski definition) is 5. The first-order valence-corrected chi connectivity index (χ1v) is 20.0. The highest BCUT2D eigenvalue weighted by molar-refractivity contribution is 5.95. The number of likely N-dealkylation sites (N-methyl/N-ethyl adjacent to an activating group) is 1. The van der Waals surface area contributed by atoms with Crippen molar-refractivity contribution >= 4 is 28.5 Å². The Bertz CT molecular complexity index is 2120. The number of nitrogens with zero attached hydrogens (tertiary/aromatic N) is 3. The van der Waals surface area contributed by atoms with Crippen LogP contribution in [0.2, 0.25) is 0 Å². The molecule has 6 aliphatic rings. The molecule has 5 aliphatic heterocycles. The van der Waals surface area contributed by atoms with Gasteiger partial charge >= 0.3 is 5.97 Å². The average molecular weight is 754 g/mol. The molecule has 294 valence electrons. The van der Waals surface area contributed by atoms with Crippen molar-refractivity contribution in [3.63, 3.8) is 0 Å². The van der Waals surface area contributed by atoms with E-state index in [-0.39, 0.29) is 12.0 Å². The van der Waals surface area contributed by atoms with Crippen LogP contribution in [0.3, 0.4) is 0 Å². The van der Waals surface area contributed by atoms with Crippen LogP contribution in [-0.2, 0) is 31.6 Å². The van der Waals surface area contributed by atoms with E-state index in [0.29, 0.717) is 69.5 Å². The number of primary amides is 1. The summed E-state index contributed by atoms with van der Waals surface area (Å²) in [5.41, 5.74) is 4.72. The van der Waals surface area contributed by atoms with Crippen LogP contribution in [0.25, 0.3) is 10.9 Å². The van der Waals surface area contributed by atoms with Crippen LogP contribution in [0, 0.1) is 11.3 Å². The zero-order valence-corrected chi connectivity index (χ0v) is 32.6. The highest BCUT2D eigenvalue weighted by atomic mass is 16.5. The number of piperidine rings is 1. The maximum Gasteiger partial charge on any atom is 0.322 e. The number of para-hydroxylation sites is 1. The minimum absolute atomic E-state index is 0.0790. The van der Waals surface area contributed by atoms with Gasteiger partial charge in [-0.3, -0.25) is 19.4 Å². The Morgan fingerprint density at radius 2 is 1.82 bits per heavy atom. The molecule has 1 aromatic heterocycles. The number of carbonyl (C=O) groups is 2. The van der Waals surface area contributed by atoms with Crippen molar-refractivity contribution < 1.29 is 34.4 Å². The lowest BCUT2D eigenvalue weighted by atomic mass is 9.47. The zero-order valence-electron chi connectivity index (χ0n) is 32.6. The van der Waals surface area contributed by atoms with Crippen LogP contribution in [-0.4, -0.2) is 125 Å². The summed E-state index contributed by atoms with van der Waals surface area (Å²) in [6.45, 7) is 7.39. The highest BCUT2D eigenvalue weighted by Gasteiger charge is 2.78. The average Bonchev–Trinajstić information content (AvgIpc) is 3.84. The summed E-state index contributed by atoms with van der Waals surface area (Å²) in [6, 6.07) is 11.0. The summed E-state index contributed by atoms with van der Waals surface area (Å²) in [5, 5.41) is 38.0. The first-order valence-electron chi connectivity index (χ1n) is 20.0. The van der Waals surface area contributed by atoms with Gasteiger partial charge in [0.2, 0.25) is 0 Å². The molecule has 6 heterocycles. The number of amides is 1. The summed E-state index contributed by atoms with van der Waals surface area (Å²) in [6.07, 6.45) is 5.78. The third kappa shape index (κ3) is 4.51. The smallest absolute Gasteiger partial charge is 0.322 e. The first-order chi connectivity index (χ1) is 26.3. The topological polar surface area (TPSA) is 165 Å². The van der Waals surface area contributed by atoms with Gasteiger partial charge in [0, 0.05) is 84.0 Å². The molecule has 3 fully saturated rings. The Hall–Kier alpha value is -3.94. The molecule has 12 nitrogen and oxygen atoms in total. The number of anilines is 1. The summed E-state index contributed by atoms with van der Waals surface area (Å²) >= 11 is 0. The summed E-state index contributed by atoms with van der Waals surface area (Å²) in [7, 11) is 4.89. The molecule has 1 saturated carbocycles. The second-order valence-corrected chi connectivity index (χ2v) is 17.5. The molecular weight excluding hydrogens is 699 g/mol. The summed E-state index contributed by atoms with van der Waals surface area (Å²) in [5.74, 6) is -1.00. The van der Waals surface area contributed by atoms with E-state index in [2.05, 4.69) is 26.9 Å². The third-order valence-electron chi connectivity index (χ3n) is 15.2. The van der Waals surface area contributed by atoms with Gasteiger partial charge in [-0.15, -0.1) is 0 Å². The van der Waals surface area contributed by atoms with Crippen molar-refractivity contribution in [2.24, 2.45) is 17.1 Å². The molecule has 3 unspecified atom stereocenters. The lowest BCUT2D eigenvalue weighted by molar-refractivity contribution is -0.201. The number of hydrogen-bond acceptors (Lipinski definition) is 10. The lowest BCUT2D eigenvalue weighted by Gasteiger charge is -2.63. The minimum atomic E-state index is -2.30. The van der Waals surface area contributed by atoms with Gasteiger partial charge < -0.3 is 40.4 Å². The Balaban J connectivity index is 1.36. The molecular formula is C43H55N5O7. The van der Waals surface area contributed by atoms with E-state index in [1.165, 1.54) is 7.11 Å². The largest absolute Gasteiger partial charge is 0.496 e. The molecule has 0 radical (unpaired) electrons. The Labute approximate surface area is 322 Å². The van der Waals surface area contributed by atoms with Crippen molar-refractivity contribution in [1.29, 1.82) is 0 Å². The van der Waals surface area contributed by atoms with E-state index in [0.717, 1.165) is 46.5 Å². The van der Waals surface area contributed by atoms with E-state index in [9.17, 15) is 20.1 Å². The number of fused-ring (bicyclic) bond motifs is 6. The Morgan fingerprint density at radius 3 is 2.53 bits per heavy atom. The van der Waals surface area contributed by atoms with Gasteiger partial charge in [0.15, 0.2) is 5.60 Å². The van der Waals surface area contributed by atoms with Gasteiger partial charge in [-0.05, 0) is 74.2 Å². The highest BCUT2D eigenvalue weighted by Crippen LogP contribution is 2.67. The molecule has 3 aromatic rings. The molecule has 12 heteroatoms. The summed E-state index contributed by atoms with van der Waals surface area (Å²) < 4.78 is 12.2. The molecule has 1 aliphatic carbocycles. The summed E-state index contributed by atoms with van der Waals surface area (Å²) in [4.78, 5) is 39.3. The fourth-order valence-electron chi connectivity index (χ4n) is 13.1. The van der Waals surface area contributed by atoms with Crippen LogP contribution >= 0.6 is 0 Å². The van der Waals surface area contributed by atoms with Crippen LogP contribution in [0.5, 0.6) is 5.75 Å².